The molecular formula is C19H21N3O2. The molecule has 5 heteroatoms. The first kappa shape index (κ1) is 16.2. The Bertz CT molecular complexity index is 716. The van der Waals surface area contributed by atoms with Gasteiger partial charge in [0.15, 0.2) is 0 Å². The summed E-state index contributed by atoms with van der Waals surface area (Å²) in [6, 6.07) is 11.8. The van der Waals surface area contributed by atoms with E-state index in [2.05, 4.69) is 27.8 Å². The molecule has 0 aliphatic heterocycles. The van der Waals surface area contributed by atoms with Crippen LogP contribution in [-0.2, 0) is 16.0 Å². The number of carbonyl (C=O) groups is 2. The number of aromatic nitrogens is 1. The van der Waals surface area contributed by atoms with Crippen molar-refractivity contribution in [3.8, 4) is 0 Å². The van der Waals surface area contributed by atoms with E-state index >= 15 is 0 Å². The molecule has 1 atom stereocenters. The number of amides is 2. The Balaban J connectivity index is 1.49. The molecule has 0 fully saturated rings. The number of benzene rings is 1. The number of rotatable bonds is 5. The molecule has 1 heterocycles. The molecule has 24 heavy (non-hydrogen) atoms. The normalized spacial score (nSPS) is 16.1. The molecule has 0 radical (unpaired) electrons. The number of nitrogens with one attached hydrogen (secondary N) is 2. The van der Waals surface area contributed by atoms with Crippen molar-refractivity contribution in [3.63, 3.8) is 0 Å². The van der Waals surface area contributed by atoms with Gasteiger partial charge in [-0.25, -0.2) is 0 Å². The van der Waals surface area contributed by atoms with Gasteiger partial charge in [0.05, 0.1) is 18.4 Å². The maximum absolute atomic E-state index is 12.2. The largest absolute Gasteiger partial charge is 0.347 e. The third-order valence-electron chi connectivity index (χ3n) is 4.32. The van der Waals surface area contributed by atoms with E-state index in [0.29, 0.717) is 12.1 Å². The average Bonchev–Trinajstić information content (AvgIpc) is 2.61. The highest BCUT2D eigenvalue weighted by atomic mass is 16.2. The van der Waals surface area contributed by atoms with Crippen molar-refractivity contribution in [2.75, 3.05) is 11.9 Å². The Morgan fingerprint density at radius 1 is 1.12 bits per heavy atom. The third-order valence-corrected chi connectivity index (χ3v) is 4.32. The number of anilines is 1. The van der Waals surface area contributed by atoms with Gasteiger partial charge in [-0.2, -0.15) is 0 Å². The first-order chi connectivity index (χ1) is 11.7. The Hall–Kier alpha value is -2.69. The molecule has 0 saturated heterocycles. The zero-order chi connectivity index (χ0) is 16.8. The molecule has 5 nitrogen and oxygen atoms in total. The zero-order valence-electron chi connectivity index (χ0n) is 13.5. The SMILES string of the molecule is O=C(C[C@@H]1CCCc2ccccc21)NCC(=O)Nc1cccnc1. The number of hydrogen-bond donors (Lipinski definition) is 2. The molecule has 1 aromatic heterocycles. The van der Waals surface area contributed by atoms with Gasteiger partial charge in [-0.3, -0.25) is 14.6 Å². The Labute approximate surface area is 141 Å². The summed E-state index contributed by atoms with van der Waals surface area (Å²) in [5.41, 5.74) is 3.24. The lowest BCUT2D eigenvalue weighted by Crippen LogP contribution is -2.33. The van der Waals surface area contributed by atoms with Crippen LogP contribution >= 0.6 is 0 Å². The van der Waals surface area contributed by atoms with Gasteiger partial charge in [-0.15, -0.1) is 0 Å². The molecule has 1 aliphatic rings. The molecule has 1 aromatic carbocycles. The maximum atomic E-state index is 12.2. The van der Waals surface area contributed by atoms with Crippen molar-refractivity contribution in [2.24, 2.45) is 0 Å². The van der Waals surface area contributed by atoms with Crippen LogP contribution in [0.5, 0.6) is 0 Å². The average molecular weight is 323 g/mol. The maximum Gasteiger partial charge on any atom is 0.243 e. The highest BCUT2D eigenvalue weighted by Crippen LogP contribution is 2.33. The van der Waals surface area contributed by atoms with E-state index in [9.17, 15) is 9.59 Å². The van der Waals surface area contributed by atoms with Crippen LogP contribution in [0.4, 0.5) is 5.69 Å². The van der Waals surface area contributed by atoms with Crippen LogP contribution in [0.3, 0.4) is 0 Å². The molecule has 1 aliphatic carbocycles. The van der Waals surface area contributed by atoms with Crippen molar-refractivity contribution < 1.29 is 9.59 Å². The molecular weight excluding hydrogens is 302 g/mol. The fourth-order valence-electron chi connectivity index (χ4n) is 3.18. The topological polar surface area (TPSA) is 71.1 Å². The lowest BCUT2D eigenvalue weighted by Gasteiger charge is -2.25. The summed E-state index contributed by atoms with van der Waals surface area (Å²) in [5.74, 6) is -0.0882. The van der Waals surface area contributed by atoms with Crippen molar-refractivity contribution in [3.05, 3.63) is 59.9 Å². The molecule has 0 spiro atoms. The van der Waals surface area contributed by atoms with E-state index in [4.69, 9.17) is 0 Å². The summed E-state index contributed by atoms with van der Waals surface area (Å²) in [6.07, 6.45) is 6.85. The monoisotopic (exact) mass is 323 g/mol. The predicted octanol–water partition coefficient (Wildman–Crippen LogP) is 2.65. The number of nitrogens with zero attached hydrogens (tertiary/aromatic N) is 1. The Morgan fingerprint density at radius 2 is 2.00 bits per heavy atom. The van der Waals surface area contributed by atoms with Crippen LogP contribution in [0.1, 0.15) is 36.3 Å². The van der Waals surface area contributed by atoms with Gasteiger partial charge >= 0.3 is 0 Å². The Morgan fingerprint density at radius 3 is 2.83 bits per heavy atom. The van der Waals surface area contributed by atoms with Crippen LogP contribution in [0.2, 0.25) is 0 Å². The van der Waals surface area contributed by atoms with Gasteiger partial charge in [0.2, 0.25) is 11.8 Å². The van der Waals surface area contributed by atoms with Crippen LogP contribution in [0, 0.1) is 0 Å². The minimum atomic E-state index is -0.250. The number of pyridine rings is 1. The number of aryl methyl sites for hydroxylation is 1. The molecule has 2 N–H and O–H groups in total. The standard InChI is InChI=1S/C19H21N3O2/c23-18(21-13-19(24)22-16-8-4-10-20-12-16)11-15-7-3-6-14-5-1-2-9-17(14)15/h1-2,4-5,8-10,12,15H,3,6-7,11,13H2,(H,21,23)(H,22,24)/t15-/m0/s1. The van der Waals surface area contributed by atoms with Crippen LogP contribution in [0.15, 0.2) is 48.8 Å². The number of carbonyl (C=O) groups excluding carboxylic acids is 2. The summed E-state index contributed by atoms with van der Waals surface area (Å²) in [6.45, 7) is -0.0257. The van der Waals surface area contributed by atoms with Gasteiger partial charge < -0.3 is 10.6 Å². The predicted molar refractivity (Wildman–Crippen MR) is 92.6 cm³/mol. The Kier molecular flexibility index (Phi) is 5.21. The first-order valence-corrected chi connectivity index (χ1v) is 8.27. The van der Waals surface area contributed by atoms with E-state index < -0.39 is 0 Å². The molecule has 124 valence electrons. The summed E-state index contributed by atoms with van der Waals surface area (Å²) in [4.78, 5) is 28.0. The van der Waals surface area contributed by atoms with Gasteiger partial charge in [0, 0.05) is 12.6 Å². The second kappa shape index (κ2) is 7.73. The van der Waals surface area contributed by atoms with Crippen molar-refractivity contribution in [1.82, 2.24) is 10.3 Å². The highest BCUT2D eigenvalue weighted by molar-refractivity contribution is 5.94. The van der Waals surface area contributed by atoms with Crippen LogP contribution < -0.4 is 10.6 Å². The summed E-state index contributed by atoms with van der Waals surface area (Å²) < 4.78 is 0. The quantitative estimate of drug-likeness (QED) is 0.888. The van der Waals surface area contributed by atoms with Gasteiger partial charge in [0.1, 0.15) is 0 Å². The molecule has 0 bridgehead atoms. The third kappa shape index (κ3) is 4.19. The highest BCUT2D eigenvalue weighted by Gasteiger charge is 2.22. The fraction of sp³-hybridized carbons (Fsp3) is 0.316. The van der Waals surface area contributed by atoms with E-state index in [0.717, 1.165) is 19.3 Å². The first-order valence-electron chi connectivity index (χ1n) is 8.27. The number of fused-ring (bicyclic) bond motifs is 1. The number of hydrogen-bond acceptors (Lipinski definition) is 3. The molecule has 3 rings (SSSR count). The smallest absolute Gasteiger partial charge is 0.243 e. The van der Waals surface area contributed by atoms with Gasteiger partial charge in [-0.05, 0) is 48.4 Å². The van der Waals surface area contributed by atoms with Crippen molar-refractivity contribution >= 4 is 17.5 Å². The fourth-order valence-corrected chi connectivity index (χ4v) is 3.18. The van der Waals surface area contributed by atoms with E-state index in [1.54, 1.807) is 24.5 Å². The molecule has 0 unspecified atom stereocenters. The van der Waals surface area contributed by atoms with E-state index in [-0.39, 0.29) is 24.3 Å². The van der Waals surface area contributed by atoms with Crippen molar-refractivity contribution in [2.45, 2.75) is 31.6 Å². The minimum absolute atomic E-state index is 0.0257. The van der Waals surface area contributed by atoms with Gasteiger partial charge in [-0.1, -0.05) is 24.3 Å². The lowest BCUT2D eigenvalue weighted by molar-refractivity contribution is -0.124. The second-order valence-corrected chi connectivity index (χ2v) is 6.06. The molecule has 2 amide bonds. The minimum Gasteiger partial charge on any atom is -0.347 e. The lowest BCUT2D eigenvalue weighted by atomic mass is 9.81. The molecule has 0 saturated carbocycles. The van der Waals surface area contributed by atoms with Crippen LogP contribution in [0.25, 0.3) is 0 Å². The second-order valence-electron chi connectivity index (χ2n) is 6.06. The van der Waals surface area contributed by atoms with Gasteiger partial charge in [0.25, 0.3) is 0 Å². The summed E-state index contributed by atoms with van der Waals surface area (Å²) in [7, 11) is 0. The summed E-state index contributed by atoms with van der Waals surface area (Å²) in [5, 5.41) is 5.41. The zero-order valence-corrected chi connectivity index (χ0v) is 13.5. The van der Waals surface area contributed by atoms with Crippen LogP contribution in [-0.4, -0.2) is 23.3 Å². The van der Waals surface area contributed by atoms with E-state index in [1.807, 2.05) is 12.1 Å². The van der Waals surface area contributed by atoms with Crippen molar-refractivity contribution in [1.29, 1.82) is 0 Å². The van der Waals surface area contributed by atoms with E-state index in [1.165, 1.54) is 11.1 Å². The summed E-state index contributed by atoms with van der Waals surface area (Å²) >= 11 is 0. The molecule has 2 aromatic rings.